The van der Waals surface area contributed by atoms with Gasteiger partial charge in [0.25, 0.3) is 0 Å². The Morgan fingerprint density at radius 2 is 1.34 bits per heavy atom. The fraction of sp³-hybridized carbons (Fsp3) is 0.125. The lowest BCUT2D eigenvalue weighted by Crippen LogP contribution is -2.05. The molecule has 5 aromatic carbocycles. The van der Waals surface area contributed by atoms with Crippen LogP contribution in [0.1, 0.15) is 36.0 Å². The minimum Gasteiger partial charge on any atom is -0.0833 e. The van der Waals surface area contributed by atoms with Crippen LogP contribution >= 0.6 is 0 Å². The van der Waals surface area contributed by atoms with Gasteiger partial charge in [-0.25, -0.2) is 0 Å². The van der Waals surface area contributed by atoms with Crippen LogP contribution in [0.5, 0.6) is 0 Å². The van der Waals surface area contributed by atoms with Gasteiger partial charge in [0.15, 0.2) is 0 Å². The molecule has 0 fully saturated rings. The standard InChI is InChI=1S/C32H26/c1-21-14-16-24(17-15-21)31-29-13-7-8-22(2)30(29)27-11-5-6-12-28(27)32(31)26-19-18-23-9-3-4-10-25(23)20-26/h3-7,9-20,22H,8H2,1-2H3. The van der Waals surface area contributed by atoms with E-state index in [1.54, 1.807) is 0 Å². The van der Waals surface area contributed by atoms with Crippen LogP contribution in [0.15, 0.2) is 97.1 Å². The summed E-state index contributed by atoms with van der Waals surface area (Å²) in [5, 5.41) is 5.30. The molecule has 0 heteroatoms. The predicted molar refractivity (Wildman–Crippen MR) is 139 cm³/mol. The van der Waals surface area contributed by atoms with E-state index in [1.165, 1.54) is 60.5 Å². The maximum atomic E-state index is 2.36. The smallest absolute Gasteiger partial charge is 0.00204 e. The van der Waals surface area contributed by atoms with E-state index in [1.807, 2.05) is 0 Å². The van der Waals surface area contributed by atoms with Crippen molar-refractivity contribution in [2.24, 2.45) is 0 Å². The SMILES string of the molecule is Cc1ccc(-c2c3c(c4ccccc4c2-c2ccc4ccccc4c2)C(C)CC=C3)cc1. The Morgan fingerprint density at radius 1 is 0.656 bits per heavy atom. The van der Waals surface area contributed by atoms with Crippen molar-refractivity contribution < 1.29 is 0 Å². The van der Waals surface area contributed by atoms with Gasteiger partial charge in [-0.2, -0.15) is 0 Å². The topological polar surface area (TPSA) is 0 Å². The zero-order valence-electron chi connectivity index (χ0n) is 18.6. The molecule has 6 rings (SSSR count). The van der Waals surface area contributed by atoms with E-state index in [9.17, 15) is 0 Å². The zero-order chi connectivity index (χ0) is 21.7. The minimum atomic E-state index is 0.509. The summed E-state index contributed by atoms with van der Waals surface area (Å²) in [5.74, 6) is 0.509. The van der Waals surface area contributed by atoms with Gasteiger partial charge in [0.05, 0.1) is 0 Å². The maximum absolute atomic E-state index is 2.36. The number of rotatable bonds is 2. The Balaban J connectivity index is 1.79. The highest BCUT2D eigenvalue weighted by Crippen LogP contribution is 2.48. The number of benzene rings is 5. The van der Waals surface area contributed by atoms with Gasteiger partial charge in [0.2, 0.25) is 0 Å². The summed E-state index contributed by atoms with van der Waals surface area (Å²) in [6.45, 7) is 4.52. The summed E-state index contributed by atoms with van der Waals surface area (Å²) < 4.78 is 0. The van der Waals surface area contributed by atoms with E-state index in [-0.39, 0.29) is 0 Å². The summed E-state index contributed by atoms with van der Waals surface area (Å²) in [4.78, 5) is 0. The Labute approximate surface area is 189 Å². The predicted octanol–water partition coefficient (Wildman–Crippen LogP) is 9.16. The molecule has 1 aliphatic rings. The van der Waals surface area contributed by atoms with Gasteiger partial charge >= 0.3 is 0 Å². The summed E-state index contributed by atoms with van der Waals surface area (Å²) >= 11 is 0. The molecule has 0 radical (unpaired) electrons. The second-order valence-corrected chi connectivity index (χ2v) is 9.09. The first-order valence-electron chi connectivity index (χ1n) is 11.5. The van der Waals surface area contributed by atoms with Crippen LogP contribution < -0.4 is 0 Å². The van der Waals surface area contributed by atoms with Gasteiger partial charge in [-0.1, -0.05) is 110 Å². The van der Waals surface area contributed by atoms with Gasteiger partial charge in [0.1, 0.15) is 0 Å². The van der Waals surface area contributed by atoms with Crippen molar-refractivity contribution >= 4 is 27.6 Å². The van der Waals surface area contributed by atoms with E-state index >= 15 is 0 Å². The van der Waals surface area contributed by atoms with E-state index in [2.05, 4.69) is 117 Å². The molecule has 1 unspecified atom stereocenters. The first kappa shape index (κ1) is 19.1. The van der Waals surface area contributed by atoms with Gasteiger partial charge in [-0.05, 0) is 80.3 Å². The largest absolute Gasteiger partial charge is 0.0833 e. The highest BCUT2D eigenvalue weighted by molar-refractivity contribution is 6.10. The Bertz CT molecular complexity index is 1500. The maximum Gasteiger partial charge on any atom is -0.00204 e. The third kappa shape index (κ3) is 2.99. The van der Waals surface area contributed by atoms with E-state index in [0.717, 1.165) is 6.42 Å². The quantitative estimate of drug-likeness (QED) is 0.272. The molecule has 0 amide bonds. The fourth-order valence-corrected chi connectivity index (χ4v) is 5.36. The van der Waals surface area contributed by atoms with Crippen molar-refractivity contribution in [2.45, 2.75) is 26.2 Å². The Morgan fingerprint density at radius 3 is 2.16 bits per heavy atom. The molecular formula is C32H26. The number of allylic oxidation sites excluding steroid dienone is 1. The molecule has 1 atom stereocenters. The van der Waals surface area contributed by atoms with Crippen molar-refractivity contribution in [3.05, 3.63) is 114 Å². The lowest BCUT2D eigenvalue weighted by molar-refractivity contribution is 0.780. The van der Waals surface area contributed by atoms with Crippen molar-refractivity contribution in [2.75, 3.05) is 0 Å². The van der Waals surface area contributed by atoms with Crippen LogP contribution in [0.4, 0.5) is 0 Å². The highest BCUT2D eigenvalue weighted by atomic mass is 14.3. The zero-order valence-corrected chi connectivity index (χ0v) is 18.6. The van der Waals surface area contributed by atoms with Crippen LogP contribution in [0, 0.1) is 6.92 Å². The van der Waals surface area contributed by atoms with Crippen LogP contribution in [-0.4, -0.2) is 0 Å². The second-order valence-electron chi connectivity index (χ2n) is 9.09. The molecule has 5 aromatic rings. The molecule has 0 heterocycles. The number of fused-ring (bicyclic) bond motifs is 4. The first-order valence-corrected chi connectivity index (χ1v) is 11.5. The van der Waals surface area contributed by atoms with Crippen LogP contribution in [0.2, 0.25) is 0 Å². The van der Waals surface area contributed by atoms with Crippen LogP contribution in [0.25, 0.3) is 49.9 Å². The van der Waals surface area contributed by atoms with Crippen molar-refractivity contribution in [3.8, 4) is 22.3 Å². The third-order valence-electron chi connectivity index (χ3n) is 6.94. The molecule has 1 aliphatic carbocycles. The molecular weight excluding hydrogens is 384 g/mol. The van der Waals surface area contributed by atoms with Crippen molar-refractivity contribution in [1.29, 1.82) is 0 Å². The van der Waals surface area contributed by atoms with Gasteiger partial charge in [-0.15, -0.1) is 0 Å². The Kier molecular flexibility index (Phi) is 4.47. The number of hydrogen-bond acceptors (Lipinski definition) is 0. The lowest BCUT2D eigenvalue weighted by atomic mass is 9.77. The summed E-state index contributed by atoms with van der Waals surface area (Å²) in [7, 11) is 0. The molecule has 0 bridgehead atoms. The van der Waals surface area contributed by atoms with E-state index in [0.29, 0.717) is 5.92 Å². The summed E-state index contributed by atoms with van der Waals surface area (Å²) in [5.41, 5.74) is 9.44. The molecule has 0 saturated carbocycles. The van der Waals surface area contributed by atoms with Crippen LogP contribution in [0.3, 0.4) is 0 Å². The molecule has 154 valence electrons. The minimum absolute atomic E-state index is 0.509. The van der Waals surface area contributed by atoms with Gasteiger partial charge < -0.3 is 0 Å². The molecule has 0 aromatic heterocycles. The molecule has 32 heavy (non-hydrogen) atoms. The van der Waals surface area contributed by atoms with Crippen LogP contribution in [-0.2, 0) is 0 Å². The van der Waals surface area contributed by atoms with E-state index in [4.69, 9.17) is 0 Å². The van der Waals surface area contributed by atoms with Crippen molar-refractivity contribution in [3.63, 3.8) is 0 Å². The Hall–Kier alpha value is -3.64. The van der Waals surface area contributed by atoms with Crippen molar-refractivity contribution in [1.82, 2.24) is 0 Å². The average molecular weight is 411 g/mol. The lowest BCUT2D eigenvalue weighted by Gasteiger charge is -2.27. The summed E-state index contributed by atoms with van der Waals surface area (Å²) in [6, 6.07) is 33.6. The monoisotopic (exact) mass is 410 g/mol. The molecule has 0 N–H and O–H groups in total. The molecule has 0 spiro atoms. The molecule has 0 nitrogen and oxygen atoms in total. The molecule has 0 aliphatic heterocycles. The number of aryl methyl sites for hydroxylation is 1. The normalized spacial score (nSPS) is 15.2. The fourth-order valence-electron chi connectivity index (χ4n) is 5.36. The first-order chi connectivity index (χ1) is 15.7. The van der Waals surface area contributed by atoms with E-state index < -0.39 is 0 Å². The van der Waals surface area contributed by atoms with Gasteiger partial charge in [-0.3, -0.25) is 0 Å². The highest BCUT2D eigenvalue weighted by Gasteiger charge is 2.24. The van der Waals surface area contributed by atoms with Gasteiger partial charge in [0, 0.05) is 0 Å². The third-order valence-corrected chi connectivity index (χ3v) is 6.94. The number of hydrogen-bond donors (Lipinski definition) is 0. The second kappa shape index (κ2) is 7.50. The molecule has 0 saturated heterocycles. The average Bonchev–Trinajstić information content (AvgIpc) is 2.83. The summed E-state index contributed by atoms with van der Waals surface area (Å²) in [6.07, 6.45) is 5.81.